The van der Waals surface area contributed by atoms with Crippen LogP contribution < -0.4 is 4.90 Å². The molecule has 1 aromatic carbocycles. The molecule has 1 rings (SSSR count). The van der Waals surface area contributed by atoms with Gasteiger partial charge >= 0.3 is 5.97 Å². The monoisotopic (exact) mass is 299 g/mol. The van der Waals surface area contributed by atoms with Gasteiger partial charge in [-0.25, -0.2) is 0 Å². The van der Waals surface area contributed by atoms with Gasteiger partial charge in [-0.1, -0.05) is 22.0 Å². The fourth-order valence-electron chi connectivity index (χ4n) is 1.46. The molecule has 0 radical (unpaired) electrons. The average molecular weight is 300 g/mol. The van der Waals surface area contributed by atoms with Crippen LogP contribution >= 0.6 is 15.9 Å². The Hall–Kier alpha value is -1.36. The second-order valence-electron chi connectivity index (χ2n) is 3.89. The standard InChI is InChI=1S/C12H14BrNO3/c1-7-4-5-9(13)6-10(7)14(3)11(15)8(2)12(16)17/h4-6,8H,1-3H3,(H,16,17). The minimum Gasteiger partial charge on any atom is -0.481 e. The fraction of sp³-hybridized carbons (Fsp3) is 0.333. The lowest BCUT2D eigenvalue weighted by Crippen LogP contribution is -2.35. The predicted molar refractivity (Wildman–Crippen MR) is 69.1 cm³/mol. The molecule has 1 unspecified atom stereocenters. The Bertz CT molecular complexity index is 459. The maximum Gasteiger partial charge on any atom is 0.315 e. The van der Waals surface area contributed by atoms with Crippen molar-refractivity contribution >= 4 is 33.5 Å². The number of aryl methyl sites for hydroxylation is 1. The molecule has 0 aliphatic rings. The third-order valence-corrected chi connectivity index (χ3v) is 3.10. The van der Waals surface area contributed by atoms with Crippen LogP contribution in [0.25, 0.3) is 0 Å². The molecule has 0 aliphatic heterocycles. The highest BCUT2D eigenvalue weighted by Gasteiger charge is 2.25. The summed E-state index contributed by atoms with van der Waals surface area (Å²) in [5.41, 5.74) is 1.62. The van der Waals surface area contributed by atoms with Gasteiger partial charge in [-0.05, 0) is 31.5 Å². The molecule has 0 fully saturated rings. The largest absolute Gasteiger partial charge is 0.481 e. The molecule has 0 aromatic heterocycles. The van der Waals surface area contributed by atoms with Crippen molar-refractivity contribution in [3.63, 3.8) is 0 Å². The maximum atomic E-state index is 11.9. The Morgan fingerprint density at radius 1 is 1.41 bits per heavy atom. The lowest BCUT2D eigenvalue weighted by atomic mass is 10.1. The Morgan fingerprint density at radius 3 is 2.53 bits per heavy atom. The number of nitrogens with zero attached hydrogens (tertiary/aromatic N) is 1. The second-order valence-corrected chi connectivity index (χ2v) is 4.80. The van der Waals surface area contributed by atoms with Gasteiger partial charge in [0.05, 0.1) is 0 Å². The van der Waals surface area contributed by atoms with Gasteiger partial charge in [0.15, 0.2) is 0 Å². The number of carbonyl (C=O) groups is 2. The summed E-state index contributed by atoms with van der Waals surface area (Å²) in [5, 5.41) is 8.82. The summed E-state index contributed by atoms with van der Waals surface area (Å²) in [6.07, 6.45) is 0. The van der Waals surface area contributed by atoms with Crippen LogP contribution in [0.5, 0.6) is 0 Å². The van der Waals surface area contributed by atoms with Crippen LogP contribution in [0.2, 0.25) is 0 Å². The number of anilines is 1. The number of amides is 1. The highest BCUT2D eigenvalue weighted by molar-refractivity contribution is 9.10. The lowest BCUT2D eigenvalue weighted by Gasteiger charge is -2.21. The van der Waals surface area contributed by atoms with E-state index in [4.69, 9.17) is 5.11 Å². The number of aliphatic carboxylic acids is 1. The molecule has 0 heterocycles. The number of halogens is 1. The van der Waals surface area contributed by atoms with Crippen LogP contribution in [-0.4, -0.2) is 24.0 Å². The molecule has 1 aromatic rings. The van der Waals surface area contributed by atoms with E-state index in [0.717, 1.165) is 10.0 Å². The molecule has 4 nitrogen and oxygen atoms in total. The summed E-state index contributed by atoms with van der Waals surface area (Å²) in [5.74, 6) is -2.59. The number of hydrogen-bond donors (Lipinski definition) is 1. The van der Waals surface area contributed by atoms with Crippen LogP contribution in [0, 0.1) is 12.8 Å². The van der Waals surface area contributed by atoms with E-state index in [1.54, 1.807) is 13.1 Å². The molecule has 0 saturated heterocycles. The molecule has 0 bridgehead atoms. The van der Waals surface area contributed by atoms with Gasteiger partial charge in [0.1, 0.15) is 5.92 Å². The molecule has 0 saturated carbocycles. The number of benzene rings is 1. The molecule has 0 aliphatic carbocycles. The molecule has 1 atom stereocenters. The molecule has 0 spiro atoms. The van der Waals surface area contributed by atoms with E-state index in [2.05, 4.69) is 15.9 Å². The maximum absolute atomic E-state index is 11.9. The van der Waals surface area contributed by atoms with Crippen LogP contribution in [0.1, 0.15) is 12.5 Å². The smallest absolute Gasteiger partial charge is 0.315 e. The predicted octanol–water partition coefficient (Wildman–Crippen LogP) is 2.44. The zero-order chi connectivity index (χ0) is 13.2. The summed E-state index contributed by atoms with van der Waals surface area (Å²) in [4.78, 5) is 24.0. The molecular formula is C12H14BrNO3. The third kappa shape index (κ3) is 3.06. The first kappa shape index (κ1) is 13.7. The first-order valence-corrected chi connectivity index (χ1v) is 5.90. The number of carboxylic acids is 1. The Balaban J connectivity index is 3.04. The SMILES string of the molecule is Cc1ccc(Br)cc1N(C)C(=O)C(C)C(=O)O. The van der Waals surface area contributed by atoms with Crippen LogP contribution in [0.15, 0.2) is 22.7 Å². The lowest BCUT2D eigenvalue weighted by molar-refractivity contribution is -0.145. The Morgan fingerprint density at radius 2 is 2.00 bits per heavy atom. The van der Waals surface area contributed by atoms with E-state index >= 15 is 0 Å². The zero-order valence-electron chi connectivity index (χ0n) is 9.90. The normalized spacial score (nSPS) is 12.0. The van der Waals surface area contributed by atoms with Crippen LogP contribution in [0.4, 0.5) is 5.69 Å². The highest BCUT2D eigenvalue weighted by Crippen LogP contribution is 2.24. The Kier molecular flexibility index (Phi) is 4.28. The first-order chi connectivity index (χ1) is 7.84. The summed E-state index contributed by atoms with van der Waals surface area (Å²) in [7, 11) is 1.58. The van der Waals surface area contributed by atoms with Gasteiger partial charge in [-0.15, -0.1) is 0 Å². The van der Waals surface area contributed by atoms with Crippen molar-refractivity contribution in [2.45, 2.75) is 13.8 Å². The summed E-state index contributed by atoms with van der Waals surface area (Å²) >= 11 is 3.33. The summed E-state index contributed by atoms with van der Waals surface area (Å²) < 4.78 is 0.848. The highest BCUT2D eigenvalue weighted by atomic mass is 79.9. The minimum atomic E-state index is -1.12. The van der Waals surface area contributed by atoms with Gasteiger partial charge in [-0.2, -0.15) is 0 Å². The molecular weight excluding hydrogens is 286 g/mol. The van der Waals surface area contributed by atoms with Crippen molar-refractivity contribution in [3.8, 4) is 0 Å². The van der Waals surface area contributed by atoms with Gasteiger partial charge in [0.25, 0.3) is 0 Å². The fourth-order valence-corrected chi connectivity index (χ4v) is 1.81. The van der Waals surface area contributed by atoms with E-state index in [-0.39, 0.29) is 0 Å². The van der Waals surface area contributed by atoms with Gasteiger partial charge in [0, 0.05) is 17.2 Å². The van der Waals surface area contributed by atoms with E-state index in [1.165, 1.54) is 11.8 Å². The van der Waals surface area contributed by atoms with E-state index in [0.29, 0.717) is 5.69 Å². The molecule has 92 valence electrons. The third-order valence-electron chi connectivity index (χ3n) is 2.60. The van der Waals surface area contributed by atoms with Crippen LogP contribution in [-0.2, 0) is 9.59 Å². The van der Waals surface area contributed by atoms with Crippen LogP contribution in [0.3, 0.4) is 0 Å². The second kappa shape index (κ2) is 5.31. The number of rotatable bonds is 3. The van der Waals surface area contributed by atoms with Crippen molar-refractivity contribution < 1.29 is 14.7 Å². The van der Waals surface area contributed by atoms with Crippen molar-refractivity contribution in [1.29, 1.82) is 0 Å². The molecule has 17 heavy (non-hydrogen) atoms. The van der Waals surface area contributed by atoms with Crippen molar-refractivity contribution in [3.05, 3.63) is 28.2 Å². The van der Waals surface area contributed by atoms with Crippen molar-refractivity contribution in [1.82, 2.24) is 0 Å². The number of hydrogen-bond acceptors (Lipinski definition) is 2. The quantitative estimate of drug-likeness (QED) is 0.872. The Labute approximate surface area is 108 Å². The molecule has 5 heteroatoms. The molecule has 1 N–H and O–H groups in total. The topological polar surface area (TPSA) is 57.6 Å². The number of carboxylic acid groups (broad SMARTS) is 1. The van der Waals surface area contributed by atoms with Gasteiger partial charge in [-0.3, -0.25) is 9.59 Å². The number of carbonyl (C=O) groups excluding carboxylic acids is 1. The summed E-state index contributed by atoms with van der Waals surface area (Å²) in [6.45, 7) is 3.26. The van der Waals surface area contributed by atoms with Crippen molar-refractivity contribution in [2.75, 3.05) is 11.9 Å². The van der Waals surface area contributed by atoms with Gasteiger partial charge < -0.3 is 10.0 Å². The van der Waals surface area contributed by atoms with E-state index in [1.807, 2.05) is 19.1 Å². The zero-order valence-corrected chi connectivity index (χ0v) is 11.5. The van der Waals surface area contributed by atoms with Crippen molar-refractivity contribution in [2.24, 2.45) is 5.92 Å². The van der Waals surface area contributed by atoms with Gasteiger partial charge in [0.2, 0.25) is 5.91 Å². The van der Waals surface area contributed by atoms with E-state index in [9.17, 15) is 9.59 Å². The first-order valence-electron chi connectivity index (χ1n) is 5.11. The molecule has 1 amide bonds. The van der Waals surface area contributed by atoms with E-state index < -0.39 is 17.8 Å². The minimum absolute atomic E-state index is 0.432. The average Bonchev–Trinajstić information content (AvgIpc) is 2.29. The summed E-state index contributed by atoms with van der Waals surface area (Å²) in [6, 6.07) is 5.54.